The standard InChI is InChI=1S/C34H27ClN2O6/c1-42-24-11-6-19(7-12-24)29(38)17-43-34(41)26-16-28(36-27-13-8-22(35)15-25(26)27)18-4-9-23(10-5-18)37-32(39)30-20-2-3-21(14-20)31(30)33(37)40/h4-13,15-16,20-21,30-31H,2-3,14,17H2,1H3. The number of carbonyl (C=O) groups excluding carboxylic acids is 4. The van der Waals surface area contributed by atoms with Gasteiger partial charge >= 0.3 is 5.97 Å². The number of aromatic nitrogens is 1. The molecule has 1 saturated heterocycles. The molecule has 3 aliphatic rings. The first kappa shape index (κ1) is 27.3. The number of ketones is 1. The summed E-state index contributed by atoms with van der Waals surface area (Å²) in [5.74, 6) is -0.367. The summed E-state index contributed by atoms with van der Waals surface area (Å²) >= 11 is 6.24. The molecule has 2 heterocycles. The summed E-state index contributed by atoms with van der Waals surface area (Å²) in [4.78, 5) is 58.6. The number of methoxy groups -OCH3 is 1. The number of hydrogen-bond donors (Lipinski definition) is 0. The van der Waals surface area contributed by atoms with Crippen LogP contribution >= 0.6 is 11.6 Å². The molecule has 4 unspecified atom stereocenters. The second-order valence-electron chi connectivity index (χ2n) is 11.4. The molecule has 43 heavy (non-hydrogen) atoms. The van der Waals surface area contributed by atoms with Gasteiger partial charge in [0, 0.05) is 21.5 Å². The third kappa shape index (κ3) is 4.66. The van der Waals surface area contributed by atoms with Gasteiger partial charge in [-0.25, -0.2) is 9.78 Å². The summed E-state index contributed by atoms with van der Waals surface area (Å²) in [6, 6.07) is 20.2. The van der Waals surface area contributed by atoms with E-state index in [2.05, 4.69) is 0 Å². The summed E-state index contributed by atoms with van der Waals surface area (Å²) in [6.07, 6.45) is 3.03. The third-order valence-electron chi connectivity index (χ3n) is 9.09. The van der Waals surface area contributed by atoms with Crippen LogP contribution in [-0.2, 0) is 14.3 Å². The van der Waals surface area contributed by atoms with Crippen molar-refractivity contribution in [3.8, 4) is 17.0 Å². The molecule has 7 rings (SSSR count). The van der Waals surface area contributed by atoms with Crippen LogP contribution in [-0.4, -0.2) is 42.3 Å². The Morgan fingerprint density at radius 1 is 0.907 bits per heavy atom. The van der Waals surface area contributed by atoms with Crippen LogP contribution in [0.1, 0.15) is 40.0 Å². The molecule has 3 aromatic carbocycles. The number of nitrogens with zero attached hydrogens (tertiary/aromatic N) is 2. The molecule has 9 heteroatoms. The SMILES string of the molecule is COc1ccc(C(=O)COC(=O)c2cc(-c3ccc(N4C(=O)C5C6CCC(C6)C5C4=O)cc3)nc3ccc(Cl)cc23)cc1. The molecule has 0 radical (unpaired) electrons. The Kier molecular flexibility index (Phi) is 6.73. The van der Waals surface area contributed by atoms with Crippen molar-refractivity contribution in [1.82, 2.24) is 4.98 Å². The monoisotopic (exact) mass is 594 g/mol. The molecule has 2 saturated carbocycles. The van der Waals surface area contributed by atoms with Crippen molar-refractivity contribution in [2.75, 3.05) is 18.6 Å². The number of benzene rings is 3. The molecule has 2 amide bonds. The quantitative estimate of drug-likeness (QED) is 0.144. The first-order valence-electron chi connectivity index (χ1n) is 14.3. The van der Waals surface area contributed by atoms with E-state index in [4.69, 9.17) is 26.1 Å². The minimum atomic E-state index is -0.691. The van der Waals surface area contributed by atoms with E-state index < -0.39 is 12.6 Å². The third-order valence-corrected chi connectivity index (χ3v) is 9.32. The lowest BCUT2D eigenvalue weighted by Crippen LogP contribution is -2.32. The van der Waals surface area contributed by atoms with Gasteiger partial charge in [-0.3, -0.25) is 19.3 Å². The molecule has 1 aliphatic heterocycles. The number of anilines is 1. The summed E-state index contributed by atoms with van der Waals surface area (Å²) in [5.41, 5.74) is 2.84. The van der Waals surface area contributed by atoms with Gasteiger partial charge in [0.2, 0.25) is 11.8 Å². The fourth-order valence-electron chi connectivity index (χ4n) is 7.03. The number of hydrogen-bond acceptors (Lipinski definition) is 7. The number of pyridine rings is 1. The van der Waals surface area contributed by atoms with Gasteiger partial charge in [-0.15, -0.1) is 0 Å². The zero-order valence-corrected chi connectivity index (χ0v) is 24.0. The van der Waals surface area contributed by atoms with Gasteiger partial charge in [-0.2, -0.15) is 0 Å². The summed E-state index contributed by atoms with van der Waals surface area (Å²) in [6.45, 7) is -0.443. The van der Waals surface area contributed by atoms with Gasteiger partial charge < -0.3 is 9.47 Å². The van der Waals surface area contributed by atoms with Crippen LogP contribution in [0.3, 0.4) is 0 Å². The van der Waals surface area contributed by atoms with Crippen molar-refractivity contribution in [3.63, 3.8) is 0 Å². The molecule has 4 atom stereocenters. The molecule has 2 aliphatic carbocycles. The predicted molar refractivity (Wildman–Crippen MR) is 160 cm³/mol. The average Bonchev–Trinajstić information content (AvgIpc) is 3.72. The summed E-state index contributed by atoms with van der Waals surface area (Å²) in [5, 5.41) is 0.914. The number of halogens is 1. The fourth-order valence-corrected chi connectivity index (χ4v) is 7.20. The Labute approximate surface area is 252 Å². The van der Waals surface area contributed by atoms with Gasteiger partial charge in [0.25, 0.3) is 0 Å². The van der Waals surface area contributed by atoms with Crippen LogP contribution in [0.25, 0.3) is 22.2 Å². The highest BCUT2D eigenvalue weighted by atomic mass is 35.5. The Balaban J connectivity index is 1.15. The maximum Gasteiger partial charge on any atom is 0.339 e. The van der Waals surface area contributed by atoms with E-state index in [-0.39, 0.29) is 35.0 Å². The van der Waals surface area contributed by atoms with E-state index in [1.54, 1.807) is 72.8 Å². The largest absolute Gasteiger partial charge is 0.497 e. The minimum absolute atomic E-state index is 0.0927. The van der Waals surface area contributed by atoms with Gasteiger partial charge in [-0.1, -0.05) is 23.7 Å². The van der Waals surface area contributed by atoms with E-state index in [0.717, 1.165) is 19.3 Å². The van der Waals surface area contributed by atoms with Crippen LogP contribution in [0.15, 0.2) is 72.8 Å². The van der Waals surface area contributed by atoms with Crippen LogP contribution in [0.2, 0.25) is 5.02 Å². The summed E-state index contributed by atoms with van der Waals surface area (Å²) < 4.78 is 10.6. The molecular weight excluding hydrogens is 568 g/mol. The lowest BCUT2D eigenvalue weighted by molar-refractivity contribution is -0.123. The summed E-state index contributed by atoms with van der Waals surface area (Å²) in [7, 11) is 1.54. The lowest BCUT2D eigenvalue weighted by atomic mass is 9.81. The van der Waals surface area contributed by atoms with Crippen molar-refractivity contribution in [2.24, 2.45) is 23.7 Å². The Bertz CT molecular complexity index is 1770. The highest BCUT2D eigenvalue weighted by Crippen LogP contribution is 2.56. The highest BCUT2D eigenvalue weighted by molar-refractivity contribution is 6.31. The Morgan fingerprint density at radius 2 is 1.58 bits per heavy atom. The number of rotatable bonds is 7. The number of fused-ring (bicyclic) bond motifs is 6. The molecular formula is C34H27ClN2O6. The molecule has 216 valence electrons. The van der Waals surface area contributed by atoms with Crippen molar-refractivity contribution in [3.05, 3.63) is 88.9 Å². The molecule has 8 nitrogen and oxygen atoms in total. The molecule has 0 N–H and O–H groups in total. The number of esters is 1. The maximum atomic E-state index is 13.3. The number of ether oxygens (including phenoxy) is 2. The van der Waals surface area contributed by atoms with Crippen molar-refractivity contribution in [1.29, 1.82) is 0 Å². The van der Waals surface area contributed by atoms with E-state index >= 15 is 0 Å². The first-order valence-corrected chi connectivity index (χ1v) is 14.6. The van der Waals surface area contributed by atoms with Gasteiger partial charge in [0.1, 0.15) is 5.75 Å². The smallest absolute Gasteiger partial charge is 0.339 e. The molecule has 4 aromatic rings. The van der Waals surface area contributed by atoms with E-state index in [1.165, 1.54) is 12.0 Å². The van der Waals surface area contributed by atoms with Gasteiger partial charge in [0.15, 0.2) is 12.4 Å². The number of Topliss-reactive ketones (excluding diaryl/α,β-unsaturated/α-hetero) is 1. The van der Waals surface area contributed by atoms with E-state index in [9.17, 15) is 19.2 Å². The van der Waals surface area contributed by atoms with Crippen molar-refractivity contribution < 1.29 is 28.7 Å². The predicted octanol–water partition coefficient (Wildman–Crippen LogP) is 6.14. The maximum absolute atomic E-state index is 13.3. The molecule has 0 spiro atoms. The Morgan fingerprint density at radius 3 is 2.23 bits per heavy atom. The first-order chi connectivity index (χ1) is 20.8. The van der Waals surface area contributed by atoms with Crippen molar-refractivity contribution >= 4 is 51.8 Å². The van der Waals surface area contributed by atoms with Crippen LogP contribution in [0.5, 0.6) is 5.75 Å². The lowest BCUT2D eigenvalue weighted by Gasteiger charge is -2.19. The molecule has 3 fully saturated rings. The highest BCUT2D eigenvalue weighted by Gasteiger charge is 2.61. The van der Waals surface area contributed by atoms with Crippen molar-refractivity contribution in [2.45, 2.75) is 19.3 Å². The van der Waals surface area contributed by atoms with Crippen LogP contribution in [0.4, 0.5) is 5.69 Å². The minimum Gasteiger partial charge on any atom is -0.497 e. The second-order valence-corrected chi connectivity index (χ2v) is 11.8. The fraction of sp³-hybridized carbons (Fsp3) is 0.265. The molecule has 1 aromatic heterocycles. The van der Waals surface area contributed by atoms with E-state index in [1.807, 2.05) is 0 Å². The molecule has 2 bridgehead atoms. The van der Waals surface area contributed by atoms with Gasteiger partial charge in [0.05, 0.1) is 41.4 Å². The van der Waals surface area contributed by atoms with Crippen LogP contribution in [0, 0.1) is 23.7 Å². The zero-order valence-electron chi connectivity index (χ0n) is 23.3. The zero-order chi connectivity index (χ0) is 29.8. The number of carbonyl (C=O) groups is 4. The number of amides is 2. The topological polar surface area (TPSA) is 103 Å². The van der Waals surface area contributed by atoms with Crippen LogP contribution < -0.4 is 9.64 Å². The Hall–Kier alpha value is -4.56. The van der Waals surface area contributed by atoms with Gasteiger partial charge in [-0.05, 0) is 91.8 Å². The normalized spacial score (nSPS) is 22.2. The second kappa shape index (κ2) is 10.6. The van der Waals surface area contributed by atoms with E-state index in [0.29, 0.717) is 56.0 Å². The number of imide groups is 1. The average molecular weight is 595 g/mol.